The topological polar surface area (TPSA) is 77.6 Å². The Hall–Kier alpha value is -8.13. The van der Waals surface area contributed by atoms with Gasteiger partial charge in [0.1, 0.15) is 11.2 Å². The Morgan fingerprint density at radius 3 is 1.50 bits per heavy atom. The SMILES string of the molecule is c1ccc(-c2cc(-c3ccccc3)nc(-c3cccc4sc5c(-c6ccc(-c7nc(-c8ccccc8)nc(-c8cccc9oc%10ccccc%10c89)n7)cc6)cccc5c34)n2)cc1. The maximum Gasteiger partial charge on any atom is 0.164 e. The van der Waals surface area contributed by atoms with Crippen LogP contribution in [-0.2, 0) is 0 Å². The molecule has 8 aromatic carbocycles. The summed E-state index contributed by atoms with van der Waals surface area (Å²) in [6.07, 6.45) is 0. The van der Waals surface area contributed by atoms with E-state index < -0.39 is 0 Å². The summed E-state index contributed by atoms with van der Waals surface area (Å²) in [6, 6.07) is 68.6. The van der Waals surface area contributed by atoms with Gasteiger partial charge < -0.3 is 4.42 Å². The van der Waals surface area contributed by atoms with Gasteiger partial charge in [0.15, 0.2) is 23.3 Å². The molecule has 12 rings (SSSR count). The third kappa shape index (κ3) is 6.22. The van der Waals surface area contributed by atoms with Crippen molar-refractivity contribution in [2.75, 3.05) is 0 Å². The summed E-state index contributed by atoms with van der Waals surface area (Å²) in [5.74, 6) is 2.51. The van der Waals surface area contributed by atoms with E-state index in [0.717, 1.165) is 83.2 Å². The van der Waals surface area contributed by atoms with Gasteiger partial charge >= 0.3 is 0 Å². The van der Waals surface area contributed by atoms with Crippen LogP contribution < -0.4 is 0 Å². The Bertz CT molecular complexity index is 3560. The Labute approximate surface area is 360 Å². The highest BCUT2D eigenvalue weighted by molar-refractivity contribution is 7.26. The number of nitrogens with zero attached hydrogens (tertiary/aromatic N) is 5. The molecule has 0 radical (unpaired) electrons. The fourth-order valence-corrected chi connectivity index (χ4v) is 9.71. The Morgan fingerprint density at radius 1 is 0.323 bits per heavy atom. The van der Waals surface area contributed by atoms with Crippen molar-refractivity contribution < 1.29 is 4.42 Å². The number of aromatic nitrogens is 5. The van der Waals surface area contributed by atoms with Crippen LogP contribution in [0.15, 0.2) is 205 Å². The van der Waals surface area contributed by atoms with Crippen molar-refractivity contribution >= 4 is 53.4 Å². The van der Waals surface area contributed by atoms with Crippen LogP contribution in [0.25, 0.3) is 121 Å². The minimum Gasteiger partial charge on any atom is -0.456 e. The smallest absolute Gasteiger partial charge is 0.164 e. The normalized spacial score (nSPS) is 11.5. The summed E-state index contributed by atoms with van der Waals surface area (Å²) >= 11 is 1.80. The summed E-state index contributed by atoms with van der Waals surface area (Å²) in [6.45, 7) is 0. The minimum absolute atomic E-state index is 0.593. The number of thiophene rings is 1. The van der Waals surface area contributed by atoms with E-state index in [1.807, 2.05) is 72.8 Å². The van der Waals surface area contributed by atoms with Crippen LogP contribution >= 0.6 is 11.3 Å². The van der Waals surface area contributed by atoms with Gasteiger partial charge in [-0.15, -0.1) is 11.3 Å². The zero-order valence-electron chi connectivity index (χ0n) is 33.1. The van der Waals surface area contributed by atoms with Crippen molar-refractivity contribution in [1.82, 2.24) is 24.9 Å². The average Bonchev–Trinajstić information content (AvgIpc) is 3.94. The summed E-state index contributed by atoms with van der Waals surface area (Å²) in [5, 5.41) is 4.34. The molecule has 0 unspecified atom stereocenters. The van der Waals surface area contributed by atoms with Crippen molar-refractivity contribution in [1.29, 1.82) is 0 Å². The fourth-order valence-electron chi connectivity index (χ4n) is 8.44. The van der Waals surface area contributed by atoms with E-state index in [1.165, 1.54) is 14.8 Å². The molecule has 0 N–H and O–H groups in total. The van der Waals surface area contributed by atoms with Gasteiger partial charge in [-0.3, -0.25) is 0 Å². The van der Waals surface area contributed by atoms with Crippen LogP contribution in [0.4, 0.5) is 0 Å². The standard InChI is InChI=1S/C55H33N5OS/c1-4-15-35(16-5-1)44-33-45(36-17-6-2-7-18-36)57-54(56-44)43-25-14-28-48-50(43)41-23-12-22-39(51(41)62-48)34-29-31-38(32-30-34)53-58-52(37-19-8-3-9-20-37)59-55(60-53)42-24-13-27-47-49(42)40-21-10-11-26-46(40)61-47/h1-33H. The lowest BCUT2D eigenvalue weighted by molar-refractivity contribution is 0.669. The summed E-state index contributed by atoms with van der Waals surface area (Å²) in [5.41, 5.74) is 11.5. The molecule has 0 atom stereocenters. The lowest BCUT2D eigenvalue weighted by Gasteiger charge is -2.11. The van der Waals surface area contributed by atoms with Gasteiger partial charge in [-0.05, 0) is 35.4 Å². The summed E-state index contributed by atoms with van der Waals surface area (Å²) in [7, 11) is 0. The first-order chi connectivity index (χ1) is 30.7. The minimum atomic E-state index is 0.593. The van der Waals surface area contributed by atoms with Crippen LogP contribution in [0.3, 0.4) is 0 Å². The molecule has 7 heteroatoms. The molecule has 0 saturated heterocycles. The zero-order chi connectivity index (χ0) is 41.0. The third-order valence-corrected chi connectivity index (χ3v) is 12.6. The predicted molar refractivity (Wildman–Crippen MR) is 254 cm³/mol. The van der Waals surface area contributed by atoms with E-state index in [0.29, 0.717) is 23.3 Å². The molecular weight excluding hydrogens is 779 g/mol. The number of hydrogen-bond acceptors (Lipinski definition) is 7. The van der Waals surface area contributed by atoms with Crippen LogP contribution in [0.2, 0.25) is 0 Å². The van der Waals surface area contributed by atoms with E-state index in [1.54, 1.807) is 11.3 Å². The van der Waals surface area contributed by atoms with E-state index in [4.69, 9.17) is 29.3 Å². The summed E-state index contributed by atoms with van der Waals surface area (Å²) in [4.78, 5) is 25.6. The number of furan rings is 1. The highest BCUT2D eigenvalue weighted by Gasteiger charge is 2.20. The molecule has 0 fully saturated rings. The first-order valence-electron chi connectivity index (χ1n) is 20.5. The van der Waals surface area contributed by atoms with Crippen LogP contribution in [0, 0.1) is 0 Å². The van der Waals surface area contributed by atoms with Crippen molar-refractivity contribution in [3.05, 3.63) is 200 Å². The van der Waals surface area contributed by atoms with Gasteiger partial charge in [-0.1, -0.05) is 176 Å². The number of para-hydroxylation sites is 1. The third-order valence-electron chi connectivity index (χ3n) is 11.4. The molecule has 0 aliphatic heterocycles. The van der Waals surface area contributed by atoms with Gasteiger partial charge in [-0.25, -0.2) is 24.9 Å². The van der Waals surface area contributed by atoms with Gasteiger partial charge in [0.25, 0.3) is 0 Å². The lowest BCUT2D eigenvalue weighted by atomic mass is 9.99. The molecule has 62 heavy (non-hydrogen) atoms. The highest BCUT2D eigenvalue weighted by Crippen LogP contribution is 2.44. The predicted octanol–water partition coefficient (Wildman–Crippen LogP) is 14.6. The Kier molecular flexibility index (Phi) is 8.57. The van der Waals surface area contributed by atoms with Crippen LogP contribution in [0.5, 0.6) is 0 Å². The highest BCUT2D eigenvalue weighted by atomic mass is 32.1. The van der Waals surface area contributed by atoms with Gasteiger partial charge in [0.05, 0.1) is 11.4 Å². The van der Waals surface area contributed by atoms with Crippen LogP contribution in [-0.4, -0.2) is 24.9 Å². The molecule has 0 aliphatic carbocycles. The summed E-state index contributed by atoms with van der Waals surface area (Å²) < 4.78 is 8.64. The molecule has 0 saturated carbocycles. The van der Waals surface area contributed by atoms with Crippen molar-refractivity contribution in [2.24, 2.45) is 0 Å². The van der Waals surface area contributed by atoms with Crippen molar-refractivity contribution in [3.63, 3.8) is 0 Å². The quantitative estimate of drug-likeness (QED) is 0.160. The zero-order valence-corrected chi connectivity index (χ0v) is 33.9. The number of fused-ring (bicyclic) bond motifs is 6. The first-order valence-corrected chi connectivity index (χ1v) is 21.3. The number of benzene rings is 8. The van der Waals surface area contributed by atoms with Crippen molar-refractivity contribution in [2.45, 2.75) is 0 Å². The molecule has 0 spiro atoms. The maximum absolute atomic E-state index is 6.24. The molecule has 4 heterocycles. The fraction of sp³-hybridized carbons (Fsp3) is 0. The molecule has 290 valence electrons. The van der Waals surface area contributed by atoms with E-state index in [9.17, 15) is 0 Å². The van der Waals surface area contributed by atoms with E-state index in [2.05, 4.69) is 127 Å². The largest absolute Gasteiger partial charge is 0.456 e. The van der Waals surface area contributed by atoms with E-state index >= 15 is 0 Å². The van der Waals surface area contributed by atoms with Crippen molar-refractivity contribution in [3.8, 4) is 79.2 Å². The monoisotopic (exact) mass is 811 g/mol. The van der Waals surface area contributed by atoms with Gasteiger partial charge in [0.2, 0.25) is 0 Å². The number of rotatable bonds is 7. The Balaban J connectivity index is 0.969. The van der Waals surface area contributed by atoms with E-state index in [-0.39, 0.29) is 0 Å². The molecule has 12 aromatic rings. The molecule has 6 nitrogen and oxygen atoms in total. The van der Waals surface area contributed by atoms with Gasteiger partial charge in [0, 0.05) is 64.3 Å². The molecule has 4 aromatic heterocycles. The lowest BCUT2D eigenvalue weighted by Crippen LogP contribution is -2.00. The molecule has 0 aliphatic rings. The second kappa shape index (κ2) is 14.9. The number of hydrogen-bond donors (Lipinski definition) is 0. The molecule has 0 amide bonds. The maximum atomic E-state index is 6.24. The Morgan fingerprint density at radius 2 is 0.806 bits per heavy atom. The van der Waals surface area contributed by atoms with Crippen LogP contribution in [0.1, 0.15) is 0 Å². The average molecular weight is 812 g/mol. The van der Waals surface area contributed by atoms with Gasteiger partial charge in [-0.2, -0.15) is 0 Å². The second-order valence-corrected chi connectivity index (χ2v) is 16.2. The first kappa shape index (κ1) is 35.8. The molecular formula is C55H33N5OS. The molecule has 0 bridgehead atoms. The second-order valence-electron chi connectivity index (χ2n) is 15.2.